The number of nitrogens with two attached hydrogens (primary N) is 1. The molecule has 130 valence electrons. The molecule has 0 fully saturated rings. The van der Waals surface area contributed by atoms with Crippen LogP contribution in [0.15, 0.2) is 18.2 Å². The predicted octanol–water partition coefficient (Wildman–Crippen LogP) is 5.30. The van der Waals surface area contributed by atoms with Crippen LogP contribution in [-0.2, 0) is 10.2 Å². The highest BCUT2D eigenvalue weighted by Gasteiger charge is 2.28. The van der Waals surface area contributed by atoms with Gasteiger partial charge in [0.2, 0.25) is 0 Å². The highest BCUT2D eigenvalue weighted by molar-refractivity contribution is 5.68. The van der Waals surface area contributed by atoms with Gasteiger partial charge in [0.05, 0.1) is 5.69 Å². The summed E-state index contributed by atoms with van der Waals surface area (Å²) in [4.78, 5) is 11.7. The summed E-state index contributed by atoms with van der Waals surface area (Å²) in [5.41, 5.74) is 7.23. The molecule has 23 heavy (non-hydrogen) atoms. The molecule has 0 aliphatic rings. The number of anilines is 1. The number of ether oxygens (including phenoxy) is 2. The second-order valence-corrected chi connectivity index (χ2v) is 8.94. The monoisotopic (exact) mass is 321 g/mol. The Morgan fingerprint density at radius 1 is 1.04 bits per heavy atom. The number of benzene rings is 1. The third-order valence-corrected chi connectivity index (χ3v) is 3.35. The maximum absolute atomic E-state index is 11.7. The van der Waals surface area contributed by atoms with E-state index in [4.69, 9.17) is 15.2 Å². The molecule has 0 saturated heterocycles. The van der Waals surface area contributed by atoms with Crippen molar-refractivity contribution in [2.75, 3.05) is 5.73 Å². The Morgan fingerprint density at radius 3 is 2.04 bits per heavy atom. The Labute approximate surface area is 140 Å². The molecular weight excluding hydrogens is 290 g/mol. The van der Waals surface area contributed by atoms with Crippen molar-refractivity contribution in [3.8, 4) is 5.75 Å². The molecule has 0 amide bonds. The van der Waals surface area contributed by atoms with Gasteiger partial charge in [0.1, 0.15) is 5.60 Å². The van der Waals surface area contributed by atoms with Crippen LogP contribution in [0.1, 0.15) is 67.4 Å². The standard InChI is InChI=1S/C19H31NO3/c1-17(2,3)12-19(7,8)13-9-10-15(14(20)11-13)22-16(21)23-18(4,5)6/h9-11H,12,20H2,1-8H3. The number of hydrogen-bond acceptors (Lipinski definition) is 4. The molecule has 0 heterocycles. The van der Waals surface area contributed by atoms with E-state index < -0.39 is 11.8 Å². The van der Waals surface area contributed by atoms with E-state index in [1.54, 1.807) is 26.8 Å². The lowest BCUT2D eigenvalue weighted by molar-refractivity contribution is 0.0207. The molecule has 1 rings (SSSR count). The Bertz CT molecular complexity index is 563. The molecule has 2 N–H and O–H groups in total. The van der Waals surface area contributed by atoms with E-state index in [-0.39, 0.29) is 10.8 Å². The van der Waals surface area contributed by atoms with E-state index in [9.17, 15) is 4.79 Å². The maximum atomic E-state index is 11.7. The Kier molecular flexibility index (Phi) is 5.40. The fourth-order valence-corrected chi connectivity index (χ4v) is 2.85. The van der Waals surface area contributed by atoms with Crippen LogP contribution in [-0.4, -0.2) is 11.8 Å². The first-order chi connectivity index (χ1) is 10.2. The molecule has 0 atom stereocenters. The fraction of sp³-hybridized carbons (Fsp3) is 0.632. The average Bonchev–Trinajstić information content (AvgIpc) is 2.25. The van der Waals surface area contributed by atoms with Gasteiger partial charge in [-0.1, -0.05) is 40.7 Å². The van der Waals surface area contributed by atoms with E-state index in [1.807, 2.05) is 12.1 Å². The normalized spacial score (nSPS) is 12.9. The smallest absolute Gasteiger partial charge is 0.428 e. The zero-order valence-electron chi connectivity index (χ0n) is 15.7. The Balaban J connectivity index is 2.92. The first-order valence-electron chi connectivity index (χ1n) is 8.00. The lowest BCUT2D eigenvalue weighted by Crippen LogP contribution is -2.26. The third kappa shape index (κ3) is 6.51. The van der Waals surface area contributed by atoms with E-state index >= 15 is 0 Å². The van der Waals surface area contributed by atoms with E-state index in [0.717, 1.165) is 12.0 Å². The number of carbonyl (C=O) groups is 1. The van der Waals surface area contributed by atoms with Crippen LogP contribution >= 0.6 is 0 Å². The van der Waals surface area contributed by atoms with Crippen LogP contribution in [0.25, 0.3) is 0 Å². The van der Waals surface area contributed by atoms with E-state index in [1.165, 1.54) is 0 Å². The SMILES string of the molecule is CC(C)(C)CC(C)(C)c1ccc(OC(=O)OC(C)(C)C)c(N)c1. The van der Waals surface area contributed by atoms with Crippen LogP contribution in [0, 0.1) is 5.41 Å². The van der Waals surface area contributed by atoms with Crippen molar-refractivity contribution in [1.82, 2.24) is 0 Å². The second kappa shape index (κ2) is 6.42. The molecule has 4 nitrogen and oxygen atoms in total. The van der Waals surface area contributed by atoms with Gasteiger partial charge in [-0.05, 0) is 55.7 Å². The van der Waals surface area contributed by atoms with Gasteiger partial charge in [0, 0.05) is 0 Å². The van der Waals surface area contributed by atoms with Crippen molar-refractivity contribution in [3.63, 3.8) is 0 Å². The van der Waals surface area contributed by atoms with Crippen LogP contribution in [0.5, 0.6) is 5.75 Å². The van der Waals surface area contributed by atoms with Gasteiger partial charge in [-0.15, -0.1) is 0 Å². The van der Waals surface area contributed by atoms with E-state index in [0.29, 0.717) is 11.4 Å². The molecule has 0 spiro atoms. The number of rotatable bonds is 3. The van der Waals surface area contributed by atoms with Crippen molar-refractivity contribution in [2.24, 2.45) is 5.41 Å². The van der Waals surface area contributed by atoms with Crippen molar-refractivity contribution in [3.05, 3.63) is 23.8 Å². The van der Waals surface area contributed by atoms with Crippen LogP contribution < -0.4 is 10.5 Å². The quantitative estimate of drug-likeness (QED) is 0.466. The summed E-state index contributed by atoms with van der Waals surface area (Å²) in [7, 11) is 0. The van der Waals surface area contributed by atoms with Crippen LogP contribution in [0.4, 0.5) is 10.5 Å². The van der Waals surface area contributed by atoms with Crippen LogP contribution in [0.2, 0.25) is 0 Å². The summed E-state index contributed by atoms with van der Waals surface area (Å²) in [6.45, 7) is 16.4. The van der Waals surface area contributed by atoms with Gasteiger partial charge in [0.15, 0.2) is 5.75 Å². The summed E-state index contributed by atoms with van der Waals surface area (Å²) in [6, 6.07) is 5.58. The van der Waals surface area contributed by atoms with Gasteiger partial charge >= 0.3 is 6.16 Å². The van der Waals surface area contributed by atoms with Gasteiger partial charge in [0.25, 0.3) is 0 Å². The van der Waals surface area contributed by atoms with Crippen molar-refractivity contribution >= 4 is 11.8 Å². The molecule has 0 aliphatic heterocycles. The molecule has 0 bridgehead atoms. The van der Waals surface area contributed by atoms with Crippen LogP contribution in [0.3, 0.4) is 0 Å². The Morgan fingerprint density at radius 2 is 1.61 bits per heavy atom. The maximum Gasteiger partial charge on any atom is 0.514 e. The summed E-state index contributed by atoms with van der Waals surface area (Å²) < 4.78 is 10.3. The summed E-state index contributed by atoms with van der Waals surface area (Å²) in [6.07, 6.45) is 0.275. The minimum atomic E-state index is -0.745. The Hall–Kier alpha value is -1.71. The fourth-order valence-electron chi connectivity index (χ4n) is 2.85. The topological polar surface area (TPSA) is 61.5 Å². The highest BCUT2D eigenvalue weighted by atomic mass is 16.7. The van der Waals surface area contributed by atoms with Crippen molar-refractivity contribution < 1.29 is 14.3 Å². The summed E-state index contributed by atoms with van der Waals surface area (Å²) >= 11 is 0. The minimum absolute atomic E-state index is 0.0170. The molecule has 0 radical (unpaired) electrons. The lowest BCUT2D eigenvalue weighted by atomic mass is 9.72. The summed E-state index contributed by atoms with van der Waals surface area (Å²) in [5, 5.41) is 0. The first kappa shape index (κ1) is 19.3. The largest absolute Gasteiger partial charge is 0.514 e. The second-order valence-electron chi connectivity index (χ2n) is 8.94. The van der Waals surface area contributed by atoms with Gasteiger partial charge in [-0.25, -0.2) is 4.79 Å². The lowest BCUT2D eigenvalue weighted by Gasteiger charge is -2.33. The number of carbonyl (C=O) groups excluding carboxylic acids is 1. The summed E-state index contributed by atoms with van der Waals surface area (Å²) in [5.74, 6) is 0.328. The predicted molar refractivity (Wildman–Crippen MR) is 94.8 cm³/mol. The molecule has 0 unspecified atom stereocenters. The molecule has 1 aromatic rings. The van der Waals surface area contributed by atoms with Crippen molar-refractivity contribution in [2.45, 2.75) is 72.8 Å². The van der Waals surface area contributed by atoms with E-state index in [2.05, 4.69) is 34.6 Å². The number of nitrogen functional groups attached to an aromatic ring is 1. The molecule has 1 aromatic carbocycles. The molecule has 0 aliphatic carbocycles. The van der Waals surface area contributed by atoms with Gasteiger partial charge < -0.3 is 15.2 Å². The average molecular weight is 321 g/mol. The molecular formula is C19H31NO3. The molecule has 0 aromatic heterocycles. The van der Waals surface area contributed by atoms with Gasteiger partial charge in [-0.2, -0.15) is 0 Å². The minimum Gasteiger partial charge on any atom is -0.428 e. The highest BCUT2D eigenvalue weighted by Crippen LogP contribution is 2.38. The van der Waals surface area contributed by atoms with Gasteiger partial charge in [-0.3, -0.25) is 0 Å². The molecule has 0 saturated carbocycles. The zero-order valence-corrected chi connectivity index (χ0v) is 15.7. The zero-order chi connectivity index (χ0) is 18.1. The third-order valence-electron chi connectivity index (χ3n) is 3.35. The molecule has 4 heteroatoms. The van der Waals surface area contributed by atoms with Crippen molar-refractivity contribution in [1.29, 1.82) is 0 Å². The number of hydrogen-bond donors (Lipinski definition) is 1. The first-order valence-corrected chi connectivity index (χ1v) is 8.00.